The molecule has 1 heterocycles. The highest BCUT2D eigenvalue weighted by molar-refractivity contribution is 6.17. The van der Waals surface area contributed by atoms with E-state index >= 15 is 0 Å². The van der Waals surface area contributed by atoms with Crippen LogP contribution in [-0.2, 0) is 7.05 Å². The number of rotatable bonds is 0. The molecule has 1 nitrogen and oxygen atoms in total. The summed E-state index contributed by atoms with van der Waals surface area (Å²) in [7, 11) is 2.17. The zero-order valence-corrected chi connectivity index (χ0v) is 19.3. The first-order chi connectivity index (χ1) is 16.7. The van der Waals surface area contributed by atoms with Gasteiger partial charge in [0.25, 0.3) is 0 Å². The Morgan fingerprint density at radius 1 is 0.471 bits per heavy atom. The van der Waals surface area contributed by atoms with Crippen LogP contribution in [0, 0.1) is 6.92 Å². The van der Waals surface area contributed by atoms with Gasteiger partial charge in [0.1, 0.15) is 7.05 Å². The van der Waals surface area contributed by atoms with Crippen molar-refractivity contribution in [3.63, 3.8) is 0 Å². The maximum atomic E-state index is 2.39. The van der Waals surface area contributed by atoms with E-state index in [1.807, 2.05) is 0 Å². The first-order valence-electron chi connectivity index (χ1n) is 11.8. The number of nitrogens with zero attached hydrogens (tertiary/aromatic N) is 1. The molecule has 6 bridgehead atoms. The van der Waals surface area contributed by atoms with Crippen LogP contribution in [0.25, 0.3) is 64.8 Å². The van der Waals surface area contributed by atoms with Gasteiger partial charge in [-0.25, -0.2) is 4.57 Å². The van der Waals surface area contributed by atoms with Gasteiger partial charge in [0.15, 0.2) is 6.20 Å². The molecule has 0 aliphatic carbocycles. The van der Waals surface area contributed by atoms with Gasteiger partial charge < -0.3 is 0 Å². The fourth-order valence-electron chi connectivity index (χ4n) is 5.64. The summed E-state index contributed by atoms with van der Waals surface area (Å²) in [5, 5.41) is 14.0. The molecular weight excluding hydrogens is 410 g/mol. The van der Waals surface area contributed by atoms with Gasteiger partial charge in [-0.3, -0.25) is 0 Å². The Hall–Kier alpha value is -4.23. The van der Waals surface area contributed by atoms with Crippen LogP contribution >= 0.6 is 0 Å². The van der Waals surface area contributed by atoms with Gasteiger partial charge in [0, 0.05) is 16.8 Å². The maximum absolute atomic E-state index is 2.39. The summed E-state index contributed by atoms with van der Waals surface area (Å²) in [6.45, 7) is 2.23. The van der Waals surface area contributed by atoms with Crippen molar-refractivity contribution in [2.45, 2.75) is 6.92 Å². The normalized spacial score (nSPS) is 11.8. The molecule has 0 spiro atoms. The summed E-state index contributed by atoms with van der Waals surface area (Å²) in [5.74, 6) is 0. The number of aryl methyl sites for hydroxylation is 2. The molecule has 34 heavy (non-hydrogen) atoms. The third-order valence-electron chi connectivity index (χ3n) is 7.34. The SMILES string of the molecule is Cc1ccc2ccc3cc2c1c1cc2c(cccc2c2ccccc2c2cccc3c2)c[n+]1C. The molecule has 0 saturated heterocycles. The third kappa shape index (κ3) is 2.77. The van der Waals surface area contributed by atoms with Crippen molar-refractivity contribution in [1.82, 2.24) is 0 Å². The lowest BCUT2D eigenvalue weighted by Gasteiger charge is -2.07. The maximum Gasteiger partial charge on any atom is 0.213 e. The topological polar surface area (TPSA) is 3.88 Å². The summed E-state index contributed by atoms with van der Waals surface area (Å²) >= 11 is 0. The number of benzene rings is 5. The van der Waals surface area contributed by atoms with Crippen LogP contribution < -0.4 is 4.57 Å². The second-order valence-electron chi connectivity index (χ2n) is 9.40. The second kappa shape index (κ2) is 7.13. The van der Waals surface area contributed by atoms with Gasteiger partial charge in [-0.2, -0.15) is 0 Å². The Labute approximate surface area is 198 Å². The molecule has 0 unspecified atom stereocenters. The van der Waals surface area contributed by atoms with Crippen molar-refractivity contribution >= 4 is 64.8 Å². The van der Waals surface area contributed by atoms with Crippen LogP contribution in [0.3, 0.4) is 0 Å². The number of hydrogen-bond acceptors (Lipinski definition) is 0. The lowest BCUT2D eigenvalue weighted by atomic mass is 9.98. The number of aromatic nitrogens is 1. The molecule has 1 aromatic heterocycles. The summed E-state index contributed by atoms with van der Waals surface area (Å²) in [6.07, 6.45) is 2.28. The molecule has 7 aromatic rings. The van der Waals surface area contributed by atoms with Gasteiger partial charge in [-0.1, -0.05) is 78.9 Å². The molecule has 0 aliphatic rings. The van der Waals surface area contributed by atoms with E-state index in [0.29, 0.717) is 0 Å². The number of pyridine rings is 1. The molecule has 7 rings (SSSR count). The highest BCUT2D eigenvalue weighted by Gasteiger charge is 2.13. The van der Waals surface area contributed by atoms with Crippen molar-refractivity contribution in [3.8, 4) is 0 Å². The highest BCUT2D eigenvalue weighted by atomic mass is 14.9. The van der Waals surface area contributed by atoms with Gasteiger partial charge in [0.2, 0.25) is 5.52 Å². The molecule has 6 aromatic carbocycles. The minimum absolute atomic E-state index is 1.24. The molecule has 0 saturated carbocycles. The van der Waals surface area contributed by atoms with Crippen LogP contribution in [-0.4, -0.2) is 0 Å². The van der Waals surface area contributed by atoms with Crippen molar-refractivity contribution in [2.24, 2.45) is 7.05 Å². The van der Waals surface area contributed by atoms with E-state index in [-0.39, 0.29) is 0 Å². The molecule has 1 heteroatoms. The summed E-state index contributed by atoms with van der Waals surface area (Å²) in [5.41, 5.74) is 2.53. The van der Waals surface area contributed by atoms with Crippen LogP contribution in [0.2, 0.25) is 0 Å². The van der Waals surface area contributed by atoms with E-state index < -0.39 is 0 Å². The van der Waals surface area contributed by atoms with E-state index in [1.165, 1.54) is 70.3 Å². The van der Waals surface area contributed by atoms with Crippen molar-refractivity contribution in [3.05, 3.63) is 115 Å². The largest absolute Gasteiger partial charge is 0.213 e. The Bertz CT molecular complexity index is 1980. The smallest absolute Gasteiger partial charge is 0.200 e. The fraction of sp³-hybridized carbons (Fsp3) is 0.0606. The monoisotopic (exact) mass is 434 g/mol. The summed E-state index contributed by atoms with van der Waals surface area (Å²) in [4.78, 5) is 0. The zero-order valence-electron chi connectivity index (χ0n) is 19.3. The average molecular weight is 435 g/mol. The van der Waals surface area contributed by atoms with Gasteiger partial charge in [-0.15, -0.1) is 0 Å². The Balaban J connectivity index is 1.92. The molecule has 160 valence electrons. The Morgan fingerprint density at radius 3 is 2.03 bits per heavy atom. The molecular formula is C33H24N+. The quantitative estimate of drug-likeness (QED) is 0.211. The Kier molecular flexibility index (Phi) is 4.04. The Morgan fingerprint density at radius 2 is 1.12 bits per heavy atom. The van der Waals surface area contributed by atoms with Gasteiger partial charge in [0.05, 0.1) is 5.39 Å². The molecule has 0 amide bonds. The molecule has 0 N–H and O–H groups in total. The van der Waals surface area contributed by atoms with E-state index in [4.69, 9.17) is 0 Å². The van der Waals surface area contributed by atoms with E-state index in [2.05, 4.69) is 128 Å². The summed E-state index contributed by atoms with van der Waals surface area (Å²) in [6, 6.07) is 38.2. The van der Waals surface area contributed by atoms with E-state index in [1.54, 1.807) is 0 Å². The minimum atomic E-state index is 1.24. The molecule has 0 radical (unpaired) electrons. The standard InChI is InChI=1S/C33H24N/c1-21-13-14-22-15-16-24-18-31(22)33(21)32-19-30-26(20-34(32)2)9-6-12-29(30)28-11-4-3-10-27(28)25-8-5-7-23(24)17-25/h3-20H,1-2H3/q+1. The van der Waals surface area contributed by atoms with Crippen LogP contribution in [0.1, 0.15) is 5.56 Å². The van der Waals surface area contributed by atoms with Crippen molar-refractivity contribution in [2.75, 3.05) is 0 Å². The average Bonchev–Trinajstić information content (AvgIpc) is 2.88. The van der Waals surface area contributed by atoms with Crippen molar-refractivity contribution < 1.29 is 4.57 Å². The van der Waals surface area contributed by atoms with E-state index in [9.17, 15) is 0 Å². The lowest BCUT2D eigenvalue weighted by molar-refractivity contribution is -0.643. The van der Waals surface area contributed by atoms with Crippen LogP contribution in [0.15, 0.2) is 109 Å². The third-order valence-corrected chi connectivity index (χ3v) is 7.34. The van der Waals surface area contributed by atoms with Crippen LogP contribution in [0.4, 0.5) is 0 Å². The molecule has 0 atom stereocenters. The fourth-order valence-corrected chi connectivity index (χ4v) is 5.64. The zero-order chi connectivity index (χ0) is 22.8. The van der Waals surface area contributed by atoms with Crippen molar-refractivity contribution in [1.29, 1.82) is 0 Å². The number of fused-ring (bicyclic) bond motifs is 9. The number of hydrogen-bond donors (Lipinski definition) is 0. The minimum Gasteiger partial charge on any atom is -0.200 e. The summed E-state index contributed by atoms with van der Waals surface area (Å²) < 4.78 is 2.28. The molecule has 0 fully saturated rings. The molecule has 0 aliphatic heterocycles. The second-order valence-corrected chi connectivity index (χ2v) is 9.40. The first-order valence-corrected chi connectivity index (χ1v) is 11.8. The first kappa shape index (κ1) is 19.3. The predicted octanol–water partition coefficient (Wildman–Crippen LogP) is 8.30. The van der Waals surface area contributed by atoms with Gasteiger partial charge >= 0.3 is 0 Å². The predicted molar refractivity (Wildman–Crippen MR) is 146 cm³/mol. The van der Waals surface area contributed by atoms with Gasteiger partial charge in [-0.05, 0) is 73.8 Å². The van der Waals surface area contributed by atoms with E-state index in [0.717, 1.165) is 0 Å². The highest BCUT2D eigenvalue weighted by Crippen LogP contribution is 2.33. The lowest BCUT2D eigenvalue weighted by Crippen LogP contribution is -2.28. The van der Waals surface area contributed by atoms with Crippen LogP contribution in [0.5, 0.6) is 0 Å².